The van der Waals surface area contributed by atoms with Crippen LogP contribution in [0.5, 0.6) is 11.5 Å². The standard InChI is InChI=1S/C20H16ClN5O2/c1-27-19-15(11-12-16(21)20(19)28-2)14-9-6-10-17(18(14)25-26-22)24-23-13-7-4-3-5-8-13/h3-12H,1-2H3. The van der Waals surface area contributed by atoms with Crippen molar-refractivity contribution < 1.29 is 9.47 Å². The summed E-state index contributed by atoms with van der Waals surface area (Å²) in [5.41, 5.74) is 11.8. The molecule has 0 aromatic heterocycles. The summed E-state index contributed by atoms with van der Waals surface area (Å²) in [5.74, 6) is 0.825. The molecule has 0 atom stereocenters. The SMILES string of the molecule is COc1c(Cl)ccc(-c2cccc(N=Nc3ccccc3)c2N=[N+]=[N-])c1OC. The summed E-state index contributed by atoms with van der Waals surface area (Å²) in [6, 6.07) is 18.1. The number of hydrogen-bond donors (Lipinski definition) is 0. The molecule has 0 aliphatic heterocycles. The molecule has 7 nitrogen and oxygen atoms in total. The quantitative estimate of drug-likeness (QED) is 0.248. The first kappa shape index (κ1) is 19.2. The Morgan fingerprint density at radius 1 is 0.821 bits per heavy atom. The van der Waals surface area contributed by atoms with Crippen molar-refractivity contribution in [2.24, 2.45) is 15.3 Å². The molecule has 28 heavy (non-hydrogen) atoms. The summed E-state index contributed by atoms with van der Waals surface area (Å²) in [6.45, 7) is 0. The average molecular weight is 394 g/mol. The number of methoxy groups -OCH3 is 2. The number of azide groups is 1. The average Bonchev–Trinajstić information content (AvgIpc) is 2.73. The van der Waals surface area contributed by atoms with E-state index >= 15 is 0 Å². The van der Waals surface area contributed by atoms with Crippen LogP contribution in [-0.2, 0) is 0 Å². The highest BCUT2D eigenvalue weighted by atomic mass is 35.5. The number of nitrogens with zero attached hydrogens (tertiary/aromatic N) is 5. The van der Waals surface area contributed by atoms with Crippen molar-refractivity contribution in [1.82, 2.24) is 0 Å². The lowest BCUT2D eigenvalue weighted by Crippen LogP contribution is -1.94. The second-order valence-corrected chi connectivity index (χ2v) is 5.97. The minimum Gasteiger partial charge on any atom is -0.492 e. The van der Waals surface area contributed by atoms with Gasteiger partial charge in [0.25, 0.3) is 0 Å². The molecule has 0 bridgehead atoms. The normalized spacial score (nSPS) is 10.5. The molecule has 3 rings (SSSR count). The number of ether oxygens (including phenoxy) is 2. The van der Waals surface area contributed by atoms with E-state index in [4.69, 9.17) is 26.6 Å². The fourth-order valence-corrected chi connectivity index (χ4v) is 2.95. The van der Waals surface area contributed by atoms with Gasteiger partial charge in [-0.2, -0.15) is 10.2 Å². The van der Waals surface area contributed by atoms with Crippen LogP contribution in [0, 0.1) is 0 Å². The number of azo groups is 1. The van der Waals surface area contributed by atoms with Crippen LogP contribution in [0.4, 0.5) is 17.1 Å². The zero-order valence-corrected chi connectivity index (χ0v) is 16.0. The fraction of sp³-hybridized carbons (Fsp3) is 0.100. The van der Waals surface area contributed by atoms with E-state index in [2.05, 4.69) is 20.3 Å². The molecule has 0 amide bonds. The Balaban J connectivity index is 2.18. The van der Waals surface area contributed by atoms with Crippen LogP contribution in [0.2, 0.25) is 5.02 Å². The third-order valence-corrected chi connectivity index (χ3v) is 4.25. The lowest BCUT2D eigenvalue weighted by Gasteiger charge is -2.16. The zero-order chi connectivity index (χ0) is 19.9. The first-order valence-corrected chi connectivity index (χ1v) is 8.63. The second kappa shape index (κ2) is 8.90. The summed E-state index contributed by atoms with van der Waals surface area (Å²) < 4.78 is 10.9. The van der Waals surface area contributed by atoms with E-state index in [1.165, 1.54) is 14.2 Å². The highest BCUT2D eigenvalue weighted by Crippen LogP contribution is 2.47. The molecule has 0 N–H and O–H groups in total. The predicted octanol–water partition coefficient (Wildman–Crippen LogP) is 7.38. The van der Waals surface area contributed by atoms with Crippen molar-refractivity contribution in [3.05, 3.63) is 76.1 Å². The minimum absolute atomic E-state index is 0.326. The van der Waals surface area contributed by atoms with Crippen molar-refractivity contribution in [3.8, 4) is 22.6 Å². The Bertz CT molecular complexity index is 1060. The van der Waals surface area contributed by atoms with E-state index < -0.39 is 0 Å². The van der Waals surface area contributed by atoms with Crippen LogP contribution in [0.15, 0.2) is 76.0 Å². The maximum absolute atomic E-state index is 9.08. The number of rotatable bonds is 6. The van der Waals surface area contributed by atoms with Gasteiger partial charge in [0.2, 0.25) is 0 Å². The summed E-state index contributed by atoms with van der Waals surface area (Å²) in [5, 5.41) is 12.7. The molecule has 140 valence electrons. The lowest BCUT2D eigenvalue weighted by molar-refractivity contribution is 0.356. The molecule has 0 radical (unpaired) electrons. The van der Waals surface area contributed by atoms with E-state index in [0.29, 0.717) is 44.7 Å². The summed E-state index contributed by atoms with van der Waals surface area (Å²) in [4.78, 5) is 2.95. The first-order chi connectivity index (χ1) is 13.7. The molecule has 3 aromatic rings. The molecule has 0 saturated heterocycles. The van der Waals surface area contributed by atoms with Gasteiger partial charge in [-0.1, -0.05) is 47.0 Å². The van der Waals surface area contributed by atoms with Crippen molar-refractivity contribution >= 4 is 28.7 Å². The monoisotopic (exact) mass is 393 g/mol. The third-order valence-electron chi connectivity index (χ3n) is 3.95. The van der Waals surface area contributed by atoms with Crippen LogP contribution in [0.1, 0.15) is 0 Å². The van der Waals surface area contributed by atoms with Crippen molar-refractivity contribution in [1.29, 1.82) is 0 Å². The molecular formula is C20H16ClN5O2. The van der Waals surface area contributed by atoms with Gasteiger partial charge in [-0.25, -0.2) is 0 Å². The van der Waals surface area contributed by atoms with E-state index in [9.17, 15) is 0 Å². The maximum atomic E-state index is 9.08. The fourth-order valence-electron chi connectivity index (χ4n) is 2.73. The van der Waals surface area contributed by atoms with Gasteiger partial charge >= 0.3 is 0 Å². The van der Waals surface area contributed by atoms with Gasteiger partial charge in [0, 0.05) is 10.5 Å². The molecule has 0 aliphatic rings. The van der Waals surface area contributed by atoms with Gasteiger partial charge in [0.1, 0.15) is 0 Å². The van der Waals surface area contributed by atoms with Gasteiger partial charge in [-0.05, 0) is 41.4 Å². The largest absolute Gasteiger partial charge is 0.492 e. The molecule has 0 heterocycles. The predicted molar refractivity (Wildman–Crippen MR) is 109 cm³/mol. The molecule has 0 spiro atoms. The van der Waals surface area contributed by atoms with Crippen molar-refractivity contribution in [2.45, 2.75) is 0 Å². The summed E-state index contributed by atoms with van der Waals surface area (Å²) in [7, 11) is 3.02. The molecular weight excluding hydrogens is 378 g/mol. The second-order valence-electron chi connectivity index (χ2n) is 5.56. The van der Waals surface area contributed by atoms with Crippen LogP contribution < -0.4 is 9.47 Å². The molecule has 0 saturated carbocycles. The molecule has 0 fully saturated rings. The smallest absolute Gasteiger partial charge is 0.180 e. The van der Waals surface area contributed by atoms with Gasteiger partial charge in [-0.15, -0.1) is 0 Å². The number of hydrogen-bond acceptors (Lipinski definition) is 5. The number of halogens is 1. The number of benzene rings is 3. The van der Waals surface area contributed by atoms with Gasteiger partial charge < -0.3 is 9.47 Å². The Kier molecular flexibility index (Phi) is 6.11. The van der Waals surface area contributed by atoms with Crippen LogP contribution >= 0.6 is 11.6 Å². The van der Waals surface area contributed by atoms with Gasteiger partial charge in [-0.3, -0.25) is 0 Å². The maximum Gasteiger partial charge on any atom is 0.180 e. The minimum atomic E-state index is 0.326. The zero-order valence-electron chi connectivity index (χ0n) is 15.2. The Morgan fingerprint density at radius 2 is 1.57 bits per heavy atom. The van der Waals surface area contributed by atoms with Crippen LogP contribution in [0.3, 0.4) is 0 Å². The van der Waals surface area contributed by atoms with E-state index in [1.807, 2.05) is 30.3 Å². The van der Waals surface area contributed by atoms with E-state index in [0.717, 1.165) is 0 Å². The van der Waals surface area contributed by atoms with Crippen molar-refractivity contribution in [3.63, 3.8) is 0 Å². The van der Waals surface area contributed by atoms with Gasteiger partial charge in [0.15, 0.2) is 11.5 Å². The summed E-state index contributed by atoms with van der Waals surface area (Å²) >= 11 is 6.20. The van der Waals surface area contributed by atoms with Gasteiger partial charge in [0.05, 0.1) is 36.3 Å². The molecule has 8 heteroatoms. The van der Waals surface area contributed by atoms with E-state index in [-0.39, 0.29) is 0 Å². The Labute approximate surface area is 166 Å². The molecule has 0 aliphatic carbocycles. The van der Waals surface area contributed by atoms with Crippen LogP contribution in [-0.4, -0.2) is 14.2 Å². The summed E-state index contributed by atoms with van der Waals surface area (Å²) in [6.07, 6.45) is 0. The highest BCUT2D eigenvalue weighted by molar-refractivity contribution is 6.32. The Morgan fingerprint density at radius 3 is 2.25 bits per heavy atom. The third kappa shape index (κ3) is 3.91. The topological polar surface area (TPSA) is 91.9 Å². The highest BCUT2D eigenvalue weighted by Gasteiger charge is 2.18. The Hall–Kier alpha value is -3.54. The van der Waals surface area contributed by atoms with Crippen LogP contribution in [0.25, 0.3) is 21.6 Å². The first-order valence-electron chi connectivity index (χ1n) is 8.25. The lowest BCUT2D eigenvalue weighted by atomic mass is 10.0. The molecule has 0 unspecified atom stereocenters. The van der Waals surface area contributed by atoms with E-state index in [1.54, 1.807) is 30.3 Å². The molecule has 3 aromatic carbocycles. The van der Waals surface area contributed by atoms with Crippen molar-refractivity contribution in [2.75, 3.05) is 14.2 Å².